The van der Waals surface area contributed by atoms with Crippen molar-refractivity contribution in [3.63, 3.8) is 0 Å². The highest BCUT2D eigenvalue weighted by Crippen LogP contribution is 2.34. The van der Waals surface area contributed by atoms with Gasteiger partial charge in [0.2, 0.25) is 0 Å². The van der Waals surface area contributed by atoms with Crippen molar-refractivity contribution in [2.75, 3.05) is 44.7 Å². The zero-order valence-electron chi connectivity index (χ0n) is 22.6. The number of likely N-dealkylation sites (tertiary alicyclic amines) is 1. The third kappa shape index (κ3) is 5.40. The normalized spacial score (nSPS) is 21.9. The molecule has 2 atom stereocenters. The van der Waals surface area contributed by atoms with Crippen molar-refractivity contribution < 1.29 is 14.6 Å². The molecule has 2 saturated heterocycles. The Labute approximate surface area is 224 Å². The molecule has 10 nitrogen and oxygen atoms in total. The average Bonchev–Trinajstić information content (AvgIpc) is 3.50. The lowest BCUT2D eigenvalue weighted by molar-refractivity contribution is 0.119. The molecule has 0 spiro atoms. The molecule has 0 aliphatic carbocycles. The summed E-state index contributed by atoms with van der Waals surface area (Å²) in [6.07, 6.45) is 1.43. The predicted molar refractivity (Wildman–Crippen MR) is 143 cm³/mol. The molecule has 5 rings (SSSR count). The number of nitriles is 1. The number of carboxylic acid groups (broad SMARTS) is 1. The van der Waals surface area contributed by atoms with Gasteiger partial charge in [-0.1, -0.05) is 18.2 Å². The number of fused-ring (bicyclic) bond motifs is 1. The second kappa shape index (κ2) is 11.1. The smallest absolute Gasteiger partial charge is 0.407 e. The summed E-state index contributed by atoms with van der Waals surface area (Å²) in [5.41, 5.74) is 5.93. The first-order valence-electron chi connectivity index (χ1n) is 13.5. The van der Waals surface area contributed by atoms with E-state index in [1.165, 1.54) is 28.0 Å². The van der Waals surface area contributed by atoms with Crippen LogP contribution < -0.4 is 9.64 Å². The van der Waals surface area contributed by atoms with E-state index in [1.807, 2.05) is 0 Å². The minimum Gasteiger partial charge on any atom is -0.465 e. The van der Waals surface area contributed by atoms with Crippen LogP contribution in [0.15, 0.2) is 18.2 Å². The topological polar surface area (TPSA) is 109 Å². The zero-order valence-corrected chi connectivity index (χ0v) is 22.6. The number of aryl methyl sites for hydroxylation is 1. The van der Waals surface area contributed by atoms with Crippen LogP contribution in [0.25, 0.3) is 0 Å². The van der Waals surface area contributed by atoms with Crippen molar-refractivity contribution in [2.24, 2.45) is 0 Å². The molecule has 1 amide bonds. The minimum absolute atomic E-state index is 0.145. The molecule has 2 fully saturated rings. The van der Waals surface area contributed by atoms with E-state index >= 15 is 0 Å². The molecule has 3 aliphatic rings. The van der Waals surface area contributed by atoms with E-state index in [0.29, 0.717) is 51.4 Å². The van der Waals surface area contributed by atoms with Crippen LogP contribution in [0.5, 0.6) is 6.01 Å². The van der Waals surface area contributed by atoms with Gasteiger partial charge in [0.1, 0.15) is 12.4 Å². The molecule has 4 heterocycles. The van der Waals surface area contributed by atoms with Crippen LogP contribution >= 0.6 is 0 Å². The first kappa shape index (κ1) is 26.2. The van der Waals surface area contributed by atoms with Crippen molar-refractivity contribution in [3.05, 3.63) is 46.1 Å². The molecule has 38 heavy (non-hydrogen) atoms. The van der Waals surface area contributed by atoms with Crippen LogP contribution in [0.3, 0.4) is 0 Å². The number of piperazine rings is 1. The van der Waals surface area contributed by atoms with E-state index in [9.17, 15) is 15.2 Å². The molecular weight excluding hydrogens is 482 g/mol. The van der Waals surface area contributed by atoms with E-state index in [2.05, 4.69) is 59.9 Å². The number of carbonyl (C=O) groups is 1. The summed E-state index contributed by atoms with van der Waals surface area (Å²) in [6, 6.07) is 8.92. The number of benzene rings is 1. The Kier molecular flexibility index (Phi) is 7.68. The summed E-state index contributed by atoms with van der Waals surface area (Å²) < 4.78 is 6.17. The molecule has 1 N–H and O–H groups in total. The van der Waals surface area contributed by atoms with Crippen LogP contribution in [0.1, 0.15) is 47.2 Å². The molecule has 0 bridgehead atoms. The van der Waals surface area contributed by atoms with Gasteiger partial charge in [0.15, 0.2) is 0 Å². The standard InChI is InChI=1S/C28H37N7O3/c1-19-6-4-7-21(20(19)2)14-33-16-24-25(17-33)30-27(38-18-23-8-5-11-32(23)3)31-26(24)34-12-13-35(28(36)37)22(15-34)9-10-29/h4,6-7,22-23H,5,8-9,11-18H2,1-3H3,(H,36,37)/t22-,23-/m0/s1. The molecule has 1 aromatic carbocycles. The largest absolute Gasteiger partial charge is 0.465 e. The maximum Gasteiger partial charge on any atom is 0.407 e. The van der Waals surface area contributed by atoms with Gasteiger partial charge in [0.05, 0.1) is 24.2 Å². The highest BCUT2D eigenvalue weighted by Gasteiger charge is 2.35. The third-order valence-electron chi connectivity index (χ3n) is 8.35. The highest BCUT2D eigenvalue weighted by atomic mass is 16.5. The van der Waals surface area contributed by atoms with E-state index in [1.54, 1.807) is 0 Å². The molecule has 2 aromatic rings. The quantitative estimate of drug-likeness (QED) is 0.590. The van der Waals surface area contributed by atoms with Gasteiger partial charge >= 0.3 is 12.1 Å². The molecule has 10 heteroatoms. The molecule has 202 valence electrons. The van der Waals surface area contributed by atoms with Crippen molar-refractivity contribution in [1.29, 1.82) is 5.26 Å². The monoisotopic (exact) mass is 519 g/mol. The fourth-order valence-corrected chi connectivity index (χ4v) is 5.88. The van der Waals surface area contributed by atoms with E-state index < -0.39 is 12.1 Å². The Morgan fingerprint density at radius 2 is 2.03 bits per heavy atom. The van der Waals surface area contributed by atoms with Gasteiger partial charge < -0.3 is 24.5 Å². The van der Waals surface area contributed by atoms with Crippen LogP contribution in [-0.2, 0) is 19.6 Å². The number of likely N-dealkylation sites (N-methyl/N-ethyl adjacent to an activating group) is 1. The lowest BCUT2D eigenvalue weighted by Gasteiger charge is -2.40. The van der Waals surface area contributed by atoms with Gasteiger partial charge in [-0.2, -0.15) is 15.2 Å². The summed E-state index contributed by atoms with van der Waals surface area (Å²) in [4.78, 5) is 29.7. The van der Waals surface area contributed by atoms with Gasteiger partial charge in [0.25, 0.3) is 0 Å². The fraction of sp³-hybridized carbons (Fsp3) is 0.571. The Hall–Kier alpha value is -3.42. The number of anilines is 1. The van der Waals surface area contributed by atoms with Crippen LogP contribution in [0.2, 0.25) is 0 Å². The number of ether oxygens (including phenoxy) is 1. The first-order chi connectivity index (χ1) is 18.3. The van der Waals surface area contributed by atoms with E-state index in [-0.39, 0.29) is 6.42 Å². The second-order valence-electron chi connectivity index (χ2n) is 10.8. The van der Waals surface area contributed by atoms with Crippen molar-refractivity contribution in [3.8, 4) is 12.1 Å². The summed E-state index contributed by atoms with van der Waals surface area (Å²) in [5, 5.41) is 19.0. The van der Waals surface area contributed by atoms with Gasteiger partial charge in [-0.15, -0.1) is 0 Å². The summed E-state index contributed by atoms with van der Waals surface area (Å²) in [5.74, 6) is 0.807. The van der Waals surface area contributed by atoms with E-state index in [0.717, 1.165) is 36.6 Å². The number of aromatic nitrogens is 2. The molecular formula is C28H37N7O3. The number of hydrogen-bond acceptors (Lipinski definition) is 8. The molecule has 1 aromatic heterocycles. The van der Waals surface area contributed by atoms with Gasteiger partial charge in [-0.05, 0) is 57.0 Å². The summed E-state index contributed by atoms with van der Waals surface area (Å²) in [7, 11) is 2.12. The fourth-order valence-electron chi connectivity index (χ4n) is 5.88. The zero-order chi connectivity index (χ0) is 26.8. The minimum atomic E-state index is -0.984. The van der Waals surface area contributed by atoms with Crippen LogP contribution in [0.4, 0.5) is 10.6 Å². The molecule has 0 unspecified atom stereocenters. The van der Waals surface area contributed by atoms with Gasteiger partial charge in [-0.3, -0.25) is 4.90 Å². The lowest BCUT2D eigenvalue weighted by Crippen LogP contribution is -2.55. The lowest BCUT2D eigenvalue weighted by atomic mass is 10.0. The van der Waals surface area contributed by atoms with Crippen molar-refractivity contribution in [2.45, 2.75) is 64.8 Å². The Bertz CT molecular complexity index is 1230. The van der Waals surface area contributed by atoms with E-state index in [4.69, 9.17) is 14.7 Å². The summed E-state index contributed by atoms with van der Waals surface area (Å²) >= 11 is 0. The van der Waals surface area contributed by atoms with Crippen molar-refractivity contribution >= 4 is 11.9 Å². The van der Waals surface area contributed by atoms with Gasteiger partial charge in [-0.25, -0.2) is 4.79 Å². The molecule has 3 aliphatic heterocycles. The number of nitrogens with zero attached hydrogens (tertiary/aromatic N) is 7. The van der Waals surface area contributed by atoms with Crippen molar-refractivity contribution in [1.82, 2.24) is 24.7 Å². The Morgan fingerprint density at radius 3 is 2.76 bits per heavy atom. The van der Waals surface area contributed by atoms with Crippen LogP contribution in [0, 0.1) is 25.2 Å². The number of amides is 1. The third-order valence-corrected chi connectivity index (χ3v) is 8.35. The Morgan fingerprint density at radius 1 is 1.18 bits per heavy atom. The average molecular weight is 520 g/mol. The number of hydrogen-bond donors (Lipinski definition) is 1. The highest BCUT2D eigenvalue weighted by molar-refractivity contribution is 5.66. The number of rotatable bonds is 7. The molecule has 0 saturated carbocycles. The molecule has 0 radical (unpaired) electrons. The SMILES string of the molecule is Cc1cccc(CN2Cc3nc(OC[C@@H]4CCCN4C)nc(N4CCN(C(=O)O)[C@@H](CC#N)C4)c3C2)c1C. The second-order valence-corrected chi connectivity index (χ2v) is 10.8. The van der Waals surface area contributed by atoms with Gasteiger partial charge in [0, 0.05) is 50.9 Å². The predicted octanol–water partition coefficient (Wildman–Crippen LogP) is 3.16. The summed E-state index contributed by atoms with van der Waals surface area (Å²) in [6.45, 7) is 9.43. The maximum absolute atomic E-state index is 11.8. The maximum atomic E-state index is 11.8. The Balaban J connectivity index is 1.41. The van der Waals surface area contributed by atoms with Crippen LogP contribution in [-0.4, -0.2) is 87.8 Å². The first-order valence-corrected chi connectivity index (χ1v) is 13.5.